The number of halogens is 1. The fourth-order valence-electron chi connectivity index (χ4n) is 3.87. The van der Waals surface area contributed by atoms with Gasteiger partial charge in [0.2, 0.25) is 5.91 Å². The van der Waals surface area contributed by atoms with E-state index in [0.29, 0.717) is 34.5 Å². The van der Waals surface area contributed by atoms with Crippen molar-refractivity contribution in [3.63, 3.8) is 0 Å². The van der Waals surface area contributed by atoms with Crippen molar-refractivity contribution in [1.29, 1.82) is 0 Å². The number of ether oxygens (including phenoxy) is 1. The molecule has 0 radical (unpaired) electrons. The van der Waals surface area contributed by atoms with Gasteiger partial charge in [0.05, 0.1) is 18.9 Å². The molecule has 1 heterocycles. The van der Waals surface area contributed by atoms with E-state index in [2.05, 4.69) is 41.6 Å². The van der Waals surface area contributed by atoms with Crippen LogP contribution in [0.3, 0.4) is 0 Å². The Labute approximate surface area is 237 Å². The van der Waals surface area contributed by atoms with E-state index in [1.807, 2.05) is 19.1 Å². The van der Waals surface area contributed by atoms with Crippen LogP contribution in [-0.2, 0) is 16.8 Å². The third-order valence-electron chi connectivity index (χ3n) is 5.99. The highest BCUT2D eigenvalue weighted by molar-refractivity contribution is 7.99. The number of anilines is 1. The van der Waals surface area contributed by atoms with Gasteiger partial charge in [-0.3, -0.25) is 14.2 Å². The Balaban J connectivity index is 1.45. The molecule has 4 rings (SSSR count). The zero-order chi connectivity index (χ0) is 28.7. The molecule has 2 amide bonds. The van der Waals surface area contributed by atoms with Gasteiger partial charge in [0.1, 0.15) is 11.6 Å². The minimum atomic E-state index is -0.380. The molecule has 0 atom stereocenters. The summed E-state index contributed by atoms with van der Waals surface area (Å²) in [6.07, 6.45) is 0. The number of hydrogen-bond donors (Lipinski definition) is 2. The summed E-state index contributed by atoms with van der Waals surface area (Å²) in [4.78, 5) is 25.5. The first-order chi connectivity index (χ1) is 19.1. The Bertz CT molecular complexity index is 1450. The highest BCUT2D eigenvalue weighted by Gasteiger charge is 2.18. The predicted molar refractivity (Wildman–Crippen MR) is 155 cm³/mol. The van der Waals surface area contributed by atoms with E-state index >= 15 is 0 Å². The van der Waals surface area contributed by atoms with Crippen LogP contribution in [0.1, 0.15) is 49.4 Å². The van der Waals surface area contributed by atoms with Crippen LogP contribution in [0.25, 0.3) is 5.69 Å². The number of nitrogens with one attached hydrogen (secondary N) is 2. The highest BCUT2D eigenvalue weighted by atomic mass is 32.2. The Morgan fingerprint density at radius 2 is 1.62 bits per heavy atom. The maximum absolute atomic E-state index is 13.6. The summed E-state index contributed by atoms with van der Waals surface area (Å²) in [5.41, 5.74) is 2.90. The number of hydrogen-bond acceptors (Lipinski definition) is 6. The van der Waals surface area contributed by atoms with E-state index < -0.39 is 0 Å². The average Bonchev–Trinajstić information content (AvgIpc) is 3.34. The fraction of sp³-hybridized carbons (Fsp3) is 0.267. The van der Waals surface area contributed by atoms with Crippen molar-refractivity contribution in [3.8, 4) is 11.4 Å². The largest absolute Gasteiger partial charge is 0.494 e. The molecule has 0 unspecified atom stereocenters. The van der Waals surface area contributed by atoms with Crippen LogP contribution in [0.15, 0.2) is 78.0 Å². The first-order valence-corrected chi connectivity index (χ1v) is 13.9. The van der Waals surface area contributed by atoms with Crippen LogP contribution in [0.5, 0.6) is 5.75 Å². The van der Waals surface area contributed by atoms with Gasteiger partial charge < -0.3 is 15.4 Å². The Morgan fingerprint density at radius 3 is 2.25 bits per heavy atom. The lowest BCUT2D eigenvalue weighted by molar-refractivity contribution is -0.113. The lowest BCUT2D eigenvalue weighted by atomic mass is 9.87. The number of nitrogens with zero attached hydrogens (tertiary/aromatic N) is 3. The Kier molecular flexibility index (Phi) is 9.21. The fourth-order valence-corrected chi connectivity index (χ4v) is 4.64. The summed E-state index contributed by atoms with van der Waals surface area (Å²) in [6.45, 7) is 8.90. The van der Waals surface area contributed by atoms with Gasteiger partial charge in [0.15, 0.2) is 11.0 Å². The zero-order valence-electron chi connectivity index (χ0n) is 22.9. The molecule has 0 bridgehead atoms. The van der Waals surface area contributed by atoms with Gasteiger partial charge in [-0.2, -0.15) is 0 Å². The maximum atomic E-state index is 13.6. The molecule has 0 aliphatic carbocycles. The first-order valence-electron chi connectivity index (χ1n) is 12.9. The van der Waals surface area contributed by atoms with Gasteiger partial charge in [0.25, 0.3) is 5.91 Å². The van der Waals surface area contributed by atoms with Crippen molar-refractivity contribution in [2.24, 2.45) is 0 Å². The Morgan fingerprint density at radius 1 is 0.950 bits per heavy atom. The average molecular weight is 562 g/mol. The molecule has 4 aromatic rings. The number of benzene rings is 3. The minimum Gasteiger partial charge on any atom is -0.494 e. The molecule has 8 nitrogen and oxygen atoms in total. The van der Waals surface area contributed by atoms with Crippen LogP contribution in [-0.4, -0.2) is 38.9 Å². The number of rotatable bonds is 10. The van der Waals surface area contributed by atoms with Crippen LogP contribution in [0.4, 0.5) is 10.1 Å². The van der Waals surface area contributed by atoms with Crippen molar-refractivity contribution in [2.45, 2.75) is 44.8 Å². The van der Waals surface area contributed by atoms with Gasteiger partial charge in [0, 0.05) is 16.9 Å². The van der Waals surface area contributed by atoms with Crippen molar-refractivity contribution in [2.75, 3.05) is 17.7 Å². The van der Waals surface area contributed by atoms with E-state index in [1.165, 1.54) is 23.9 Å². The van der Waals surface area contributed by atoms with E-state index in [9.17, 15) is 14.0 Å². The van der Waals surface area contributed by atoms with E-state index in [1.54, 1.807) is 53.1 Å². The molecular weight excluding hydrogens is 529 g/mol. The van der Waals surface area contributed by atoms with E-state index in [-0.39, 0.29) is 35.3 Å². The smallest absolute Gasteiger partial charge is 0.251 e. The summed E-state index contributed by atoms with van der Waals surface area (Å²) in [5, 5.41) is 14.7. The van der Waals surface area contributed by atoms with Gasteiger partial charge in [-0.1, -0.05) is 44.7 Å². The number of amides is 2. The van der Waals surface area contributed by atoms with E-state index in [0.717, 1.165) is 11.3 Å². The van der Waals surface area contributed by atoms with Crippen LogP contribution in [0.2, 0.25) is 0 Å². The third-order valence-corrected chi connectivity index (χ3v) is 6.92. The van der Waals surface area contributed by atoms with Gasteiger partial charge in [-0.05, 0) is 78.6 Å². The lowest BCUT2D eigenvalue weighted by Gasteiger charge is -2.19. The SMILES string of the molecule is CCOc1ccc(NC(=O)CSc2nnc(CNC(=O)c3ccc(C(C)(C)C)cc3)n2-c2ccc(F)cc2)cc1. The van der Waals surface area contributed by atoms with Crippen molar-refractivity contribution >= 4 is 29.3 Å². The van der Waals surface area contributed by atoms with Gasteiger partial charge in [-0.25, -0.2) is 4.39 Å². The quantitative estimate of drug-likeness (QED) is 0.239. The van der Waals surface area contributed by atoms with Crippen molar-refractivity contribution < 1.29 is 18.7 Å². The second-order valence-electron chi connectivity index (χ2n) is 10.0. The molecule has 10 heteroatoms. The highest BCUT2D eigenvalue weighted by Crippen LogP contribution is 2.24. The Hall–Kier alpha value is -4.18. The molecule has 0 aliphatic heterocycles. The molecule has 0 spiro atoms. The molecule has 0 aliphatic rings. The molecule has 0 fully saturated rings. The summed E-state index contributed by atoms with van der Waals surface area (Å²) >= 11 is 1.19. The zero-order valence-corrected chi connectivity index (χ0v) is 23.7. The molecule has 40 heavy (non-hydrogen) atoms. The summed E-state index contributed by atoms with van der Waals surface area (Å²) < 4.78 is 20.8. The number of thioether (sulfide) groups is 1. The van der Waals surface area contributed by atoms with Crippen LogP contribution in [0, 0.1) is 5.82 Å². The molecule has 2 N–H and O–H groups in total. The molecular formula is C30H32FN5O3S. The number of aromatic nitrogens is 3. The van der Waals surface area contributed by atoms with Gasteiger partial charge >= 0.3 is 0 Å². The number of carbonyl (C=O) groups excluding carboxylic acids is 2. The second kappa shape index (κ2) is 12.8. The van der Waals surface area contributed by atoms with Crippen LogP contribution < -0.4 is 15.4 Å². The summed E-state index contributed by atoms with van der Waals surface area (Å²) in [5.74, 6) is 0.382. The van der Waals surface area contributed by atoms with E-state index in [4.69, 9.17) is 4.74 Å². The predicted octanol–water partition coefficient (Wildman–Crippen LogP) is 5.76. The monoisotopic (exact) mass is 561 g/mol. The van der Waals surface area contributed by atoms with Gasteiger partial charge in [-0.15, -0.1) is 10.2 Å². The van der Waals surface area contributed by atoms with Crippen molar-refractivity contribution in [3.05, 3.63) is 95.6 Å². The summed E-state index contributed by atoms with van der Waals surface area (Å²) in [7, 11) is 0. The molecule has 0 saturated heterocycles. The maximum Gasteiger partial charge on any atom is 0.251 e. The number of carbonyl (C=O) groups is 2. The molecule has 0 saturated carbocycles. The van der Waals surface area contributed by atoms with Crippen molar-refractivity contribution in [1.82, 2.24) is 20.1 Å². The first kappa shape index (κ1) is 28.8. The topological polar surface area (TPSA) is 98.1 Å². The lowest BCUT2D eigenvalue weighted by Crippen LogP contribution is -2.25. The second-order valence-corrected chi connectivity index (χ2v) is 11.0. The normalized spacial score (nSPS) is 11.2. The molecule has 3 aromatic carbocycles. The molecule has 208 valence electrons. The standard InChI is InChI=1S/C30H32FN5O3S/c1-5-39-25-16-12-23(13-17-25)33-27(37)19-40-29-35-34-26(36(29)24-14-10-22(31)11-15-24)18-32-28(38)20-6-8-21(9-7-20)30(2,3)4/h6-17H,5,18-19H2,1-4H3,(H,32,38)(H,33,37). The minimum absolute atomic E-state index is 0.0141. The third kappa shape index (κ3) is 7.47. The van der Waals surface area contributed by atoms with Crippen LogP contribution >= 0.6 is 11.8 Å². The molecule has 1 aromatic heterocycles. The summed E-state index contributed by atoms with van der Waals surface area (Å²) in [6, 6.07) is 20.5.